The zero-order valence-corrected chi connectivity index (χ0v) is 8.10. The fourth-order valence-corrected chi connectivity index (χ4v) is 1.77. The molecular weight excluding hydrogens is 150 g/mol. The quantitative estimate of drug-likeness (QED) is 0.673. The lowest BCUT2D eigenvalue weighted by Crippen LogP contribution is -2.36. The summed E-state index contributed by atoms with van der Waals surface area (Å²) in [4.78, 5) is 11.5. The standard InChI is InChI=1S/C10H19NO/c1-8(2)11-10(12)9-6-4-3-5-7-9/h8-9H,3-7H2,1-2H3,(H,11,12). The van der Waals surface area contributed by atoms with Crippen LogP contribution in [0, 0.1) is 5.92 Å². The van der Waals surface area contributed by atoms with Gasteiger partial charge in [0.15, 0.2) is 0 Å². The highest BCUT2D eigenvalue weighted by Crippen LogP contribution is 2.23. The average molecular weight is 169 g/mol. The van der Waals surface area contributed by atoms with E-state index >= 15 is 0 Å². The summed E-state index contributed by atoms with van der Waals surface area (Å²) in [5.41, 5.74) is 0. The van der Waals surface area contributed by atoms with Crippen LogP contribution in [0.1, 0.15) is 46.0 Å². The minimum atomic E-state index is 0.268. The molecule has 1 aliphatic carbocycles. The maximum atomic E-state index is 11.5. The Kier molecular flexibility index (Phi) is 3.57. The number of carbonyl (C=O) groups excluding carboxylic acids is 1. The van der Waals surface area contributed by atoms with Gasteiger partial charge in [-0.1, -0.05) is 19.3 Å². The molecule has 1 fully saturated rings. The summed E-state index contributed by atoms with van der Waals surface area (Å²) in [7, 11) is 0. The minimum Gasteiger partial charge on any atom is -0.354 e. The maximum absolute atomic E-state index is 11.5. The third-order valence-corrected chi connectivity index (χ3v) is 2.41. The van der Waals surface area contributed by atoms with E-state index < -0.39 is 0 Å². The lowest BCUT2D eigenvalue weighted by atomic mass is 9.88. The van der Waals surface area contributed by atoms with Crippen molar-refractivity contribution in [3.63, 3.8) is 0 Å². The van der Waals surface area contributed by atoms with Crippen molar-refractivity contribution in [3.05, 3.63) is 0 Å². The van der Waals surface area contributed by atoms with E-state index in [1.165, 1.54) is 19.3 Å². The van der Waals surface area contributed by atoms with E-state index in [1.807, 2.05) is 13.8 Å². The molecule has 0 heterocycles. The lowest BCUT2D eigenvalue weighted by molar-refractivity contribution is -0.126. The van der Waals surface area contributed by atoms with Gasteiger partial charge in [0.05, 0.1) is 0 Å². The van der Waals surface area contributed by atoms with E-state index in [-0.39, 0.29) is 5.91 Å². The van der Waals surface area contributed by atoms with Crippen LogP contribution in [0.25, 0.3) is 0 Å². The van der Waals surface area contributed by atoms with Crippen LogP contribution in [0.15, 0.2) is 0 Å². The van der Waals surface area contributed by atoms with Crippen LogP contribution in [0.5, 0.6) is 0 Å². The van der Waals surface area contributed by atoms with Gasteiger partial charge >= 0.3 is 0 Å². The maximum Gasteiger partial charge on any atom is 0.223 e. The first-order valence-corrected chi connectivity index (χ1v) is 5.00. The molecule has 0 aromatic rings. The fourth-order valence-electron chi connectivity index (χ4n) is 1.77. The van der Waals surface area contributed by atoms with Gasteiger partial charge in [-0.05, 0) is 26.7 Å². The van der Waals surface area contributed by atoms with E-state index in [0.29, 0.717) is 12.0 Å². The van der Waals surface area contributed by atoms with Crippen molar-refractivity contribution in [1.29, 1.82) is 0 Å². The van der Waals surface area contributed by atoms with Gasteiger partial charge in [-0.3, -0.25) is 4.79 Å². The first-order chi connectivity index (χ1) is 5.70. The minimum absolute atomic E-state index is 0.268. The fraction of sp³-hybridized carbons (Fsp3) is 0.900. The van der Waals surface area contributed by atoms with Gasteiger partial charge < -0.3 is 5.32 Å². The van der Waals surface area contributed by atoms with E-state index in [0.717, 1.165) is 12.8 Å². The van der Waals surface area contributed by atoms with Gasteiger partial charge in [-0.15, -0.1) is 0 Å². The molecule has 2 heteroatoms. The van der Waals surface area contributed by atoms with Crippen molar-refractivity contribution in [2.45, 2.75) is 52.0 Å². The Labute approximate surface area is 74.7 Å². The summed E-state index contributed by atoms with van der Waals surface area (Å²) in [6.45, 7) is 4.03. The van der Waals surface area contributed by atoms with Gasteiger partial charge in [0.2, 0.25) is 5.91 Å². The molecule has 1 rings (SSSR count). The van der Waals surface area contributed by atoms with Gasteiger partial charge in [-0.25, -0.2) is 0 Å². The zero-order valence-electron chi connectivity index (χ0n) is 8.10. The van der Waals surface area contributed by atoms with E-state index in [4.69, 9.17) is 0 Å². The third-order valence-electron chi connectivity index (χ3n) is 2.41. The molecule has 0 unspecified atom stereocenters. The summed E-state index contributed by atoms with van der Waals surface area (Å²) in [5, 5.41) is 2.97. The van der Waals surface area contributed by atoms with Crippen LogP contribution < -0.4 is 5.32 Å². The van der Waals surface area contributed by atoms with Crippen molar-refractivity contribution in [1.82, 2.24) is 5.32 Å². The summed E-state index contributed by atoms with van der Waals surface area (Å²) in [6, 6.07) is 0.291. The second kappa shape index (κ2) is 4.48. The summed E-state index contributed by atoms with van der Waals surface area (Å²) < 4.78 is 0. The van der Waals surface area contributed by atoms with Crippen molar-refractivity contribution in [3.8, 4) is 0 Å². The molecule has 0 saturated heterocycles. The molecule has 0 aliphatic heterocycles. The van der Waals surface area contributed by atoms with E-state index in [2.05, 4.69) is 5.32 Å². The summed E-state index contributed by atoms with van der Waals surface area (Å²) in [6.07, 6.45) is 5.97. The molecule has 1 aliphatic rings. The predicted octanol–water partition coefficient (Wildman–Crippen LogP) is 2.09. The van der Waals surface area contributed by atoms with Crippen molar-refractivity contribution >= 4 is 5.91 Å². The van der Waals surface area contributed by atoms with Crippen molar-refractivity contribution in [2.75, 3.05) is 0 Å². The molecular formula is C10H19NO. The highest BCUT2D eigenvalue weighted by molar-refractivity contribution is 5.78. The summed E-state index contributed by atoms with van der Waals surface area (Å²) >= 11 is 0. The Balaban J connectivity index is 2.30. The van der Waals surface area contributed by atoms with Crippen LogP contribution in [0.4, 0.5) is 0 Å². The van der Waals surface area contributed by atoms with Gasteiger partial charge in [0.25, 0.3) is 0 Å². The number of nitrogens with one attached hydrogen (secondary N) is 1. The molecule has 0 aromatic heterocycles. The highest BCUT2D eigenvalue weighted by Gasteiger charge is 2.20. The smallest absolute Gasteiger partial charge is 0.223 e. The van der Waals surface area contributed by atoms with Crippen LogP contribution in [0.3, 0.4) is 0 Å². The third kappa shape index (κ3) is 2.84. The molecule has 0 atom stereocenters. The number of carbonyl (C=O) groups is 1. The number of hydrogen-bond donors (Lipinski definition) is 1. The Hall–Kier alpha value is -0.530. The zero-order chi connectivity index (χ0) is 8.97. The largest absolute Gasteiger partial charge is 0.354 e. The molecule has 2 nitrogen and oxygen atoms in total. The van der Waals surface area contributed by atoms with Crippen molar-refractivity contribution in [2.24, 2.45) is 5.92 Å². The summed E-state index contributed by atoms with van der Waals surface area (Å²) in [5.74, 6) is 0.575. The van der Waals surface area contributed by atoms with Gasteiger partial charge in [0, 0.05) is 12.0 Å². The Morgan fingerprint density at radius 3 is 2.33 bits per heavy atom. The Morgan fingerprint density at radius 1 is 1.25 bits per heavy atom. The van der Waals surface area contributed by atoms with Gasteiger partial charge in [0.1, 0.15) is 0 Å². The Bertz CT molecular complexity index is 148. The molecule has 0 aromatic carbocycles. The number of hydrogen-bond acceptors (Lipinski definition) is 1. The molecule has 1 amide bonds. The average Bonchev–Trinajstić information content (AvgIpc) is 2.05. The SMILES string of the molecule is CC(C)NC(=O)C1CCCCC1. The molecule has 1 N–H and O–H groups in total. The monoisotopic (exact) mass is 169 g/mol. The van der Waals surface area contributed by atoms with Gasteiger partial charge in [-0.2, -0.15) is 0 Å². The van der Waals surface area contributed by atoms with E-state index in [9.17, 15) is 4.79 Å². The lowest BCUT2D eigenvalue weighted by Gasteiger charge is -2.21. The molecule has 0 spiro atoms. The predicted molar refractivity (Wildman–Crippen MR) is 49.9 cm³/mol. The molecule has 0 radical (unpaired) electrons. The van der Waals surface area contributed by atoms with Crippen LogP contribution in [0.2, 0.25) is 0 Å². The Morgan fingerprint density at radius 2 is 1.83 bits per heavy atom. The van der Waals surface area contributed by atoms with Crippen molar-refractivity contribution < 1.29 is 4.79 Å². The number of rotatable bonds is 2. The second-order valence-corrected chi connectivity index (χ2v) is 4.00. The number of amides is 1. The first kappa shape index (κ1) is 9.56. The normalized spacial score (nSPS) is 19.6. The van der Waals surface area contributed by atoms with E-state index in [1.54, 1.807) is 0 Å². The van der Waals surface area contributed by atoms with Crippen LogP contribution >= 0.6 is 0 Å². The topological polar surface area (TPSA) is 29.1 Å². The van der Waals surface area contributed by atoms with Crippen LogP contribution in [-0.2, 0) is 4.79 Å². The highest BCUT2D eigenvalue weighted by atomic mass is 16.1. The molecule has 70 valence electrons. The molecule has 1 saturated carbocycles. The van der Waals surface area contributed by atoms with Crippen LogP contribution in [-0.4, -0.2) is 11.9 Å². The molecule has 12 heavy (non-hydrogen) atoms. The second-order valence-electron chi connectivity index (χ2n) is 4.00. The molecule has 0 bridgehead atoms. The first-order valence-electron chi connectivity index (χ1n) is 5.00.